The number of benzene rings is 1. The second-order valence-electron chi connectivity index (χ2n) is 5.72. The molecule has 2 heterocycles. The number of ether oxygens (including phenoxy) is 3. The van der Waals surface area contributed by atoms with E-state index < -0.39 is 17.3 Å². The van der Waals surface area contributed by atoms with Gasteiger partial charge in [0.15, 0.2) is 22.7 Å². The number of methoxy groups -OCH3 is 2. The van der Waals surface area contributed by atoms with Gasteiger partial charge in [0.2, 0.25) is 5.78 Å². The number of nitrogens with zero attached hydrogens (tertiary/aromatic N) is 2. The van der Waals surface area contributed by atoms with Crippen molar-refractivity contribution >= 4 is 29.3 Å². The summed E-state index contributed by atoms with van der Waals surface area (Å²) in [6.07, 6.45) is 4.65. The van der Waals surface area contributed by atoms with Gasteiger partial charge in [-0.15, -0.1) is 11.3 Å². The smallest absolute Gasteiger partial charge is 0.357 e. The lowest BCUT2D eigenvalue weighted by Gasteiger charge is -2.21. The van der Waals surface area contributed by atoms with E-state index >= 15 is 0 Å². The van der Waals surface area contributed by atoms with Crippen LogP contribution < -0.4 is 9.47 Å². The maximum atomic E-state index is 13.4. The molecule has 1 unspecified atom stereocenters. The number of aliphatic imine (C=N–C) groups is 1. The van der Waals surface area contributed by atoms with Crippen LogP contribution in [0.25, 0.3) is 0 Å². The molecule has 9 heteroatoms. The Bertz CT molecular complexity index is 967. The second kappa shape index (κ2) is 7.81. The van der Waals surface area contributed by atoms with Gasteiger partial charge in [0.05, 0.1) is 26.4 Å². The maximum Gasteiger partial charge on any atom is 0.357 e. The van der Waals surface area contributed by atoms with Gasteiger partial charge in [-0.05, 0) is 25.1 Å². The molecule has 0 bridgehead atoms. The van der Waals surface area contributed by atoms with Crippen molar-refractivity contribution in [2.45, 2.75) is 12.5 Å². The van der Waals surface area contributed by atoms with E-state index in [0.717, 1.165) is 11.3 Å². The van der Waals surface area contributed by atoms with Crippen molar-refractivity contribution in [2.24, 2.45) is 4.99 Å². The quantitative estimate of drug-likeness (QED) is 0.560. The molecule has 28 heavy (non-hydrogen) atoms. The van der Waals surface area contributed by atoms with Crippen LogP contribution in [0.15, 0.2) is 34.7 Å². The molecule has 1 aliphatic rings. The van der Waals surface area contributed by atoms with Gasteiger partial charge >= 0.3 is 5.97 Å². The molecule has 0 spiro atoms. The Morgan fingerprint density at radius 2 is 1.93 bits per heavy atom. The van der Waals surface area contributed by atoms with Crippen molar-refractivity contribution < 1.29 is 28.9 Å². The molecule has 1 atom stereocenters. The molecule has 0 amide bonds. The highest BCUT2D eigenvalue weighted by molar-refractivity contribution is 7.10. The summed E-state index contributed by atoms with van der Waals surface area (Å²) >= 11 is 1.11. The Morgan fingerprint density at radius 1 is 1.21 bits per heavy atom. The molecule has 2 aromatic rings. The van der Waals surface area contributed by atoms with Crippen LogP contribution in [0.5, 0.6) is 17.2 Å². The Hall–Kier alpha value is -3.20. The topological polar surface area (TPSA) is 107 Å². The fraction of sp³-hybridized carbons (Fsp3) is 0.263. The highest BCUT2D eigenvalue weighted by Crippen LogP contribution is 2.41. The number of rotatable bonds is 7. The van der Waals surface area contributed by atoms with Gasteiger partial charge in [-0.2, -0.15) is 0 Å². The summed E-state index contributed by atoms with van der Waals surface area (Å²) in [5, 5.41) is 12.2. The highest BCUT2D eigenvalue weighted by atomic mass is 32.1. The minimum Gasteiger partial charge on any atom is -0.507 e. The summed E-state index contributed by atoms with van der Waals surface area (Å²) in [4.78, 5) is 33.9. The minimum atomic E-state index is -1.48. The predicted molar refractivity (Wildman–Crippen MR) is 103 cm³/mol. The van der Waals surface area contributed by atoms with Crippen LogP contribution in [0.3, 0.4) is 0 Å². The van der Waals surface area contributed by atoms with Crippen molar-refractivity contribution in [2.75, 3.05) is 20.8 Å². The Morgan fingerprint density at radius 3 is 2.54 bits per heavy atom. The average Bonchev–Trinajstić information content (AvgIpc) is 3.37. The summed E-state index contributed by atoms with van der Waals surface area (Å²) < 4.78 is 15.3. The van der Waals surface area contributed by atoms with Crippen LogP contribution in [0.1, 0.15) is 32.8 Å². The molecule has 0 fully saturated rings. The Kier molecular flexibility index (Phi) is 5.46. The van der Waals surface area contributed by atoms with Crippen LogP contribution in [-0.4, -0.2) is 48.9 Å². The maximum absolute atomic E-state index is 13.4. The van der Waals surface area contributed by atoms with E-state index in [9.17, 15) is 14.7 Å². The summed E-state index contributed by atoms with van der Waals surface area (Å²) in [6.45, 7) is 1.91. The third-order valence-electron chi connectivity index (χ3n) is 4.11. The van der Waals surface area contributed by atoms with E-state index in [2.05, 4.69) is 9.98 Å². The predicted octanol–water partition coefficient (Wildman–Crippen LogP) is 2.76. The lowest BCUT2D eigenvalue weighted by atomic mass is 9.90. The zero-order chi connectivity index (χ0) is 20.3. The number of esters is 1. The number of carbonyl (C=O) groups is 2. The minimum absolute atomic E-state index is 0.00534. The first-order valence-electron chi connectivity index (χ1n) is 8.32. The first-order chi connectivity index (χ1) is 13.5. The third-order valence-corrected chi connectivity index (χ3v) is 5.08. The number of aromatic hydroxyl groups is 1. The van der Waals surface area contributed by atoms with Crippen molar-refractivity contribution in [1.82, 2.24) is 4.98 Å². The first-order valence-corrected chi connectivity index (χ1v) is 9.20. The third kappa shape index (κ3) is 3.24. The molecule has 1 aromatic carbocycles. The number of ketones is 1. The first kappa shape index (κ1) is 19.6. The molecule has 0 saturated carbocycles. The SMILES string of the molecule is CCOC(=O)c1csc(C2(C(=O)c3cc(OC)c(OC)cc3O)C=CC=N2)n1. The van der Waals surface area contributed by atoms with Crippen molar-refractivity contribution in [3.05, 3.63) is 45.9 Å². The van der Waals surface area contributed by atoms with Gasteiger partial charge in [-0.3, -0.25) is 9.79 Å². The Labute approximate surface area is 165 Å². The average molecular weight is 402 g/mol. The lowest BCUT2D eigenvalue weighted by molar-refractivity contribution is 0.0519. The molecule has 0 aliphatic carbocycles. The molecular weight excluding hydrogens is 384 g/mol. The van der Waals surface area contributed by atoms with E-state index in [0.29, 0.717) is 5.01 Å². The normalized spacial score (nSPS) is 17.5. The fourth-order valence-electron chi connectivity index (χ4n) is 2.75. The summed E-state index contributed by atoms with van der Waals surface area (Å²) in [6, 6.07) is 2.69. The van der Waals surface area contributed by atoms with Crippen LogP contribution in [0.2, 0.25) is 0 Å². The molecule has 146 valence electrons. The highest BCUT2D eigenvalue weighted by Gasteiger charge is 2.43. The number of phenols is 1. The second-order valence-corrected chi connectivity index (χ2v) is 6.57. The van der Waals surface area contributed by atoms with Crippen LogP contribution >= 0.6 is 11.3 Å². The van der Waals surface area contributed by atoms with E-state index in [-0.39, 0.29) is 35.1 Å². The number of carbonyl (C=O) groups excluding carboxylic acids is 2. The fourth-order valence-corrected chi connectivity index (χ4v) is 3.66. The van der Waals surface area contributed by atoms with Crippen molar-refractivity contribution in [1.29, 1.82) is 0 Å². The molecule has 0 saturated heterocycles. The summed E-state index contributed by atoms with van der Waals surface area (Å²) in [5.74, 6) is -0.793. The van der Waals surface area contributed by atoms with Crippen LogP contribution in [-0.2, 0) is 10.3 Å². The van der Waals surface area contributed by atoms with E-state index in [1.165, 1.54) is 37.9 Å². The van der Waals surface area contributed by atoms with Gasteiger partial charge < -0.3 is 19.3 Å². The van der Waals surface area contributed by atoms with Crippen LogP contribution in [0.4, 0.5) is 0 Å². The number of allylic oxidation sites excluding steroid dienone is 1. The zero-order valence-electron chi connectivity index (χ0n) is 15.5. The largest absolute Gasteiger partial charge is 0.507 e. The van der Waals surface area contributed by atoms with E-state index in [4.69, 9.17) is 14.2 Å². The number of Topliss-reactive ketones (excluding diaryl/α,β-unsaturated/α-hetero) is 1. The molecule has 3 rings (SSSR count). The van der Waals surface area contributed by atoms with Crippen molar-refractivity contribution in [3.8, 4) is 17.2 Å². The Balaban J connectivity index is 2.06. The number of hydrogen-bond acceptors (Lipinski definition) is 9. The van der Waals surface area contributed by atoms with Gasteiger partial charge in [0, 0.05) is 17.7 Å². The molecule has 1 aromatic heterocycles. The number of thiazole rings is 1. The zero-order valence-corrected chi connectivity index (χ0v) is 16.3. The van der Waals surface area contributed by atoms with Crippen molar-refractivity contribution in [3.63, 3.8) is 0 Å². The van der Waals surface area contributed by atoms with E-state index in [1.54, 1.807) is 19.1 Å². The van der Waals surface area contributed by atoms with Gasteiger partial charge in [0.1, 0.15) is 10.8 Å². The summed E-state index contributed by atoms with van der Waals surface area (Å²) in [5.41, 5.74) is -1.39. The molecule has 1 N–H and O–H groups in total. The number of phenolic OH excluding ortho intramolecular Hbond substituents is 1. The number of aromatic nitrogens is 1. The van der Waals surface area contributed by atoms with E-state index in [1.807, 2.05) is 0 Å². The summed E-state index contributed by atoms with van der Waals surface area (Å²) in [7, 11) is 2.86. The van der Waals surface area contributed by atoms with Crippen LogP contribution in [0, 0.1) is 0 Å². The molecule has 0 radical (unpaired) electrons. The van der Waals surface area contributed by atoms with Gasteiger partial charge in [-0.1, -0.05) is 0 Å². The monoisotopic (exact) mass is 402 g/mol. The standard InChI is InChI=1S/C19H18N2O6S/c1-4-27-17(24)12-10-28-18(21-12)19(6-5-7-20-19)16(23)11-8-14(25-2)15(26-3)9-13(11)22/h5-10,22H,4H2,1-3H3. The molecule has 1 aliphatic heterocycles. The lowest BCUT2D eigenvalue weighted by Crippen LogP contribution is -2.31. The molecular formula is C19H18N2O6S. The van der Waals surface area contributed by atoms with Gasteiger partial charge in [-0.25, -0.2) is 9.78 Å². The number of hydrogen-bond donors (Lipinski definition) is 1. The van der Waals surface area contributed by atoms with Gasteiger partial charge in [0.25, 0.3) is 0 Å². The molecule has 8 nitrogen and oxygen atoms in total.